The molecule has 29 heavy (non-hydrogen) atoms. The molecule has 0 bridgehead atoms. The average Bonchev–Trinajstić information content (AvgIpc) is 2.71. The molecule has 0 aliphatic carbocycles. The predicted molar refractivity (Wildman–Crippen MR) is 125 cm³/mol. The number of halogens is 1. The van der Waals surface area contributed by atoms with Gasteiger partial charge < -0.3 is 9.47 Å². The molecular formula is C26H37ClO2. The second-order valence-corrected chi connectivity index (χ2v) is 9.29. The van der Waals surface area contributed by atoms with E-state index in [0.29, 0.717) is 24.3 Å². The number of benzene rings is 2. The number of alkyl halides is 1. The van der Waals surface area contributed by atoms with E-state index in [0.717, 1.165) is 30.1 Å². The maximum absolute atomic E-state index is 6.03. The highest BCUT2D eigenvalue weighted by molar-refractivity contribution is 6.18. The van der Waals surface area contributed by atoms with E-state index in [1.807, 2.05) is 0 Å². The molecule has 0 fully saturated rings. The molecule has 0 amide bonds. The van der Waals surface area contributed by atoms with Crippen LogP contribution in [0.1, 0.15) is 63.3 Å². The normalized spacial score (nSPS) is 13.8. The summed E-state index contributed by atoms with van der Waals surface area (Å²) in [7, 11) is 0. The van der Waals surface area contributed by atoms with Crippen LogP contribution in [0, 0.1) is 25.7 Å². The van der Waals surface area contributed by atoms with Gasteiger partial charge in [0.2, 0.25) is 0 Å². The van der Waals surface area contributed by atoms with Crippen LogP contribution in [0.2, 0.25) is 0 Å². The number of aryl methyl sites for hydroxylation is 2. The molecule has 2 atom stereocenters. The van der Waals surface area contributed by atoms with Crippen molar-refractivity contribution in [1.82, 2.24) is 0 Å². The monoisotopic (exact) mass is 416 g/mol. The fourth-order valence-electron chi connectivity index (χ4n) is 3.19. The lowest BCUT2D eigenvalue weighted by atomic mass is 9.77. The van der Waals surface area contributed by atoms with E-state index in [2.05, 4.69) is 84.9 Å². The maximum Gasteiger partial charge on any atom is 0.122 e. The van der Waals surface area contributed by atoms with Crippen LogP contribution in [0.15, 0.2) is 36.4 Å². The smallest absolute Gasteiger partial charge is 0.122 e. The molecule has 3 heteroatoms. The maximum atomic E-state index is 6.03. The standard InChI is InChI=1S/C26H37ClO2/c1-8-18(2)16-28-24-11-9-22(13-20(24)4)26(6,7)23-10-12-25(21(5)14-23)29-17-19(3)15-27/h9-14,18-19H,8,15-17H2,1-7H3/t18-,19+/m1/s1. The SMILES string of the molecule is CC[C@@H](C)COc1ccc(C(C)(C)c2ccc(OC[C@@H](C)CCl)c(C)c2)cc1C. The van der Waals surface area contributed by atoms with Gasteiger partial charge in [-0.25, -0.2) is 0 Å². The molecule has 0 aliphatic heterocycles. The van der Waals surface area contributed by atoms with Crippen molar-refractivity contribution >= 4 is 11.6 Å². The number of rotatable bonds is 10. The molecule has 2 nitrogen and oxygen atoms in total. The third kappa shape index (κ3) is 6.15. The van der Waals surface area contributed by atoms with Crippen LogP contribution in [-0.2, 0) is 5.41 Å². The van der Waals surface area contributed by atoms with Crippen molar-refractivity contribution < 1.29 is 9.47 Å². The molecule has 0 unspecified atom stereocenters. The lowest BCUT2D eigenvalue weighted by molar-refractivity contribution is 0.255. The van der Waals surface area contributed by atoms with Crippen molar-refractivity contribution in [3.8, 4) is 11.5 Å². The summed E-state index contributed by atoms with van der Waals surface area (Å²) in [5.74, 6) is 3.45. The van der Waals surface area contributed by atoms with Crippen LogP contribution in [0.5, 0.6) is 11.5 Å². The third-order valence-electron chi connectivity index (χ3n) is 5.80. The van der Waals surface area contributed by atoms with Crippen molar-refractivity contribution in [1.29, 1.82) is 0 Å². The minimum absolute atomic E-state index is 0.104. The van der Waals surface area contributed by atoms with E-state index in [4.69, 9.17) is 21.1 Å². The molecule has 160 valence electrons. The molecule has 2 rings (SSSR count). The summed E-state index contributed by atoms with van der Waals surface area (Å²) in [6.07, 6.45) is 1.13. The highest BCUT2D eigenvalue weighted by Crippen LogP contribution is 2.36. The summed E-state index contributed by atoms with van der Waals surface area (Å²) >= 11 is 5.89. The Hall–Kier alpha value is -1.67. The Labute approximate surface area is 182 Å². The summed E-state index contributed by atoms with van der Waals surface area (Å²) in [6, 6.07) is 13.1. The van der Waals surface area contributed by atoms with Crippen molar-refractivity contribution in [3.63, 3.8) is 0 Å². The van der Waals surface area contributed by atoms with E-state index >= 15 is 0 Å². The molecule has 0 saturated heterocycles. The van der Waals surface area contributed by atoms with E-state index in [9.17, 15) is 0 Å². The lowest BCUT2D eigenvalue weighted by Crippen LogP contribution is -2.20. The Balaban J connectivity index is 2.19. The zero-order valence-electron chi connectivity index (χ0n) is 19.1. The molecule has 0 aromatic heterocycles. The van der Waals surface area contributed by atoms with Gasteiger partial charge in [0, 0.05) is 17.2 Å². The van der Waals surface area contributed by atoms with Crippen LogP contribution in [0.25, 0.3) is 0 Å². The first-order chi connectivity index (χ1) is 13.7. The molecular weight excluding hydrogens is 380 g/mol. The quantitative estimate of drug-likeness (QED) is 0.378. The zero-order valence-corrected chi connectivity index (χ0v) is 19.9. The molecule has 2 aromatic rings. The van der Waals surface area contributed by atoms with Crippen LogP contribution in [0.3, 0.4) is 0 Å². The largest absolute Gasteiger partial charge is 0.493 e. The predicted octanol–water partition coefficient (Wildman–Crippen LogP) is 7.31. The van der Waals surface area contributed by atoms with Gasteiger partial charge >= 0.3 is 0 Å². The van der Waals surface area contributed by atoms with Gasteiger partial charge in [0.25, 0.3) is 0 Å². The fourth-order valence-corrected chi connectivity index (χ4v) is 3.28. The summed E-state index contributed by atoms with van der Waals surface area (Å²) < 4.78 is 12.0. The van der Waals surface area contributed by atoms with Crippen molar-refractivity contribution in [2.24, 2.45) is 11.8 Å². The van der Waals surface area contributed by atoms with Gasteiger partial charge in [0.05, 0.1) is 13.2 Å². The second-order valence-electron chi connectivity index (χ2n) is 8.98. The van der Waals surface area contributed by atoms with E-state index in [-0.39, 0.29) is 5.41 Å². The summed E-state index contributed by atoms with van der Waals surface area (Å²) in [4.78, 5) is 0. The van der Waals surface area contributed by atoms with Crippen molar-refractivity contribution in [2.75, 3.05) is 19.1 Å². The fraction of sp³-hybridized carbons (Fsp3) is 0.538. The average molecular weight is 417 g/mol. The number of ether oxygens (including phenoxy) is 2. The van der Waals surface area contributed by atoms with E-state index in [1.54, 1.807) is 0 Å². The first-order valence-corrected chi connectivity index (χ1v) is 11.3. The first kappa shape index (κ1) is 23.6. The van der Waals surface area contributed by atoms with Gasteiger partial charge in [-0.05, 0) is 54.2 Å². The van der Waals surface area contributed by atoms with Gasteiger partial charge in [-0.15, -0.1) is 11.6 Å². The van der Waals surface area contributed by atoms with Crippen molar-refractivity contribution in [2.45, 2.75) is 60.3 Å². The Morgan fingerprint density at radius 2 is 1.28 bits per heavy atom. The zero-order chi connectivity index (χ0) is 21.6. The van der Waals surface area contributed by atoms with Gasteiger partial charge in [-0.1, -0.05) is 65.3 Å². The Kier molecular flexibility index (Phi) is 8.46. The Morgan fingerprint density at radius 3 is 1.66 bits per heavy atom. The van der Waals surface area contributed by atoms with Crippen LogP contribution < -0.4 is 9.47 Å². The van der Waals surface area contributed by atoms with Crippen LogP contribution in [-0.4, -0.2) is 19.1 Å². The van der Waals surface area contributed by atoms with E-state index < -0.39 is 0 Å². The van der Waals surface area contributed by atoms with Gasteiger partial charge in [-0.2, -0.15) is 0 Å². The summed E-state index contributed by atoms with van der Waals surface area (Å²) in [5.41, 5.74) is 4.80. The summed E-state index contributed by atoms with van der Waals surface area (Å²) in [5, 5.41) is 0. The molecule has 0 saturated carbocycles. The molecule has 0 spiro atoms. The molecule has 2 aromatic carbocycles. The van der Waals surface area contributed by atoms with Gasteiger partial charge in [0.1, 0.15) is 11.5 Å². The number of hydrogen-bond acceptors (Lipinski definition) is 2. The summed E-state index contributed by atoms with van der Waals surface area (Å²) in [6.45, 7) is 16.7. The molecule has 0 heterocycles. The lowest BCUT2D eigenvalue weighted by Gasteiger charge is -2.28. The Bertz CT molecular complexity index is 732. The molecule has 0 N–H and O–H groups in total. The molecule has 0 radical (unpaired) electrons. The third-order valence-corrected chi connectivity index (χ3v) is 6.33. The van der Waals surface area contributed by atoms with Gasteiger partial charge in [-0.3, -0.25) is 0 Å². The van der Waals surface area contributed by atoms with Crippen molar-refractivity contribution in [3.05, 3.63) is 58.7 Å². The first-order valence-electron chi connectivity index (χ1n) is 10.7. The van der Waals surface area contributed by atoms with Crippen LogP contribution >= 0.6 is 11.6 Å². The highest BCUT2D eigenvalue weighted by atomic mass is 35.5. The minimum Gasteiger partial charge on any atom is -0.493 e. The van der Waals surface area contributed by atoms with Crippen LogP contribution in [0.4, 0.5) is 0 Å². The van der Waals surface area contributed by atoms with E-state index in [1.165, 1.54) is 16.7 Å². The van der Waals surface area contributed by atoms with Gasteiger partial charge in [0.15, 0.2) is 0 Å². The Morgan fingerprint density at radius 1 is 0.828 bits per heavy atom. The highest BCUT2D eigenvalue weighted by Gasteiger charge is 2.24. The molecule has 0 aliphatic rings. The topological polar surface area (TPSA) is 18.5 Å². The number of hydrogen-bond donors (Lipinski definition) is 0. The second kappa shape index (κ2) is 10.4. The minimum atomic E-state index is -0.104.